The van der Waals surface area contributed by atoms with Crippen molar-refractivity contribution in [3.8, 4) is 5.75 Å². The number of ether oxygens (including phenoxy) is 1. The Hall–Kier alpha value is -2.62. The summed E-state index contributed by atoms with van der Waals surface area (Å²) >= 11 is 0. The molecule has 0 aliphatic carbocycles. The molecule has 39 heavy (non-hydrogen) atoms. The first-order valence-corrected chi connectivity index (χ1v) is 15.4. The van der Waals surface area contributed by atoms with E-state index in [4.69, 9.17) is 4.74 Å². The number of nitrogens with zero attached hydrogens (tertiary/aromatic N) is 3. The van der Waals surface area contributed by atoms with Crippen LogP contribution in [0.15, 0.2) is 53.2 Å². The predicted molar refractivity (Wildman–Crippen MR) is 159 cm³/mol. The summed E-state index contributed by atoms with van der Waals surface area (Å²) in [5.41, 5.74) is 1.89. The molecule has 1 fully saturated rings. The lowest BCUT2D eigenvalue weighted by Gasteiger charge is -2.33. The maximum Gasteiger partial charge on any atom is 0.243 e. The highest BCUT2D eigenvalue weighted by Crippen LogP contribution is 2.27. The molecular formula is C30H48N4O4S. The number of amides is 1. The molecule has 0 saturated carbocycles. The zero-order valence-corrected chi connectivity index (χ0v) is 25.7. The number of hydrogen-bond acceptors (Lipinski definition) is 6. The number of aryl methyl sites for hydroxylation is 2. The van der Waals surface area contributed by atoms with Crippen LogP contribution in [0.5, 0.6) is 5.75 Å². The van der Waals surface area contributed by atoms with Crippen LogP contribution in [0.4, 0.5) is 0 Å². The monoisotopic (exact) mass is 560 g/mol. The summed E-state index contributed by atoms with van der Waals surface area (Å²) in [6, 6.07) is 3.41. The molecule has 1 amide bonds. The topological polar surface area (TPSA) is 82.2 Å². The maximum absolute atomic E-state index is 13.2. The minimum absolute atomic E-state index is 0.0443. The van der Waals surface area contributed by atoms with Gasteiger partial charge in [0, 0.05) is 45.3 Å². The SMILES string of the molecule is C\C=C/C(=C\C=C\N1CCC(CN(CC)CC)CC1)NC(=O)CCN(C)S(=O)(=O)c1c(C)cc(OC)cc1C. The van der Waals surface area contributed by atoms with Gasteiger partial charge in [0.1, 0.15) is 5.75 Å². The van der Waals surface area contributed by atoms with Crippen LogP contribution >= 0.6 is 0 Å². The highest BCUT2D eigenvalue weighted by Gasteiger charge is 2.26. The van der Waals surface area contributed by atoms with Gasteiger partial charge in [0.2, 0.25) is 15.9 Å². The number of allylic oxidation sites excluding steroid dienone is 4. The zero-order chi connectivity index (χ0) is 29.0. The average molecular weight is 561 g/mol. The quantitative estimate of drug-likeness (QED) is 0.338. The van der Waals surface area contributed by atoms with Crippen molar-refractivity contribution < 1.29 is 17.9 Å². The van der Waals surface area contributed by atoms with E-state index in [0.29, 0.717) is 22.6 Å². The van der Waals surface area contributed by atoms with Crippen molar-refractivity contribution in [3.63, 3.8) is 0 Å². The fraction of sp³-hybridized carbons (Fsp3) is 0.567. The summed E-state index contributed by atoms with van der Waals surface area (Å²) in [5.74, 6) is 1.13. The lowest BCUT2D eigenvalue weighted by molar-refractivity contribution is -0.120. The second kappa shape index (κ2) is 15.8. The number of piperidine rings is 1. The number of carbonyl (C=O) groups is 1. The molecule has 0 aromatic heterocycles. The van der Waals surface area contributed by atoms with Crippen LogP contribution in [0, 0.1) is 19.8 Å². The van der Waals surface area contributed by atoms with Gasteiger partial charge in [0.05, 0.1) is 12.0 Å². The molecule has 1 aromatic rings. The van der Waals surface area contributed by atoms with Crippen LogP contribution in [-0.2, 0) is 14.8 Å². The Balaban J connectivity index is 1.92. The van der Waals surface area contributed by atoms with Gasteiger partial charge in [-0.1, -0.05) is 19.9 Å². The fourth-order valence-electron chi connectivity index (χ4n) is 4.91. The van der Waals surface area contributed by atoms with Gasteiger partial charge in [-0.05, 0) is 100 Å². The largest absolute Gasteiger partial charge is 0.497 e. The third-order valence-electron chi connectivity index (χ3n) is 7.25. The Morgan fingerprint density at radius 1 is 1.15 bits per heavy atom. The van der Waals surface area contributed by atoms with E-state index in [1.54, 1.807) is 33.1 Å². The summed E-state index contributed by atoms with van der Waals surface area (Å²) in [4.78, 5) is 17.8. The highest BCUT2D eigenvalue weighted by atomic mass is 32.2. The van der Waals surface area contributed by atoms with E-state index in [1.165, 1.54) is 30.7 Å². The number of nitrogens with one attached hydrogen (secondary N) is 1. The van der Waals surface area contributed by atoms with Gasteiger partial charge in [0.15, 0.2) is 0 Å². The molecule has 218 valence electrons. The van der Waals surface area contributed by atoms with Crippen molar-refractivity contribution in [1.29, 1.82) is 0 Å². The Labute approximate surface area is 236 Å². The van der Waals surface area contributed by atoms with Gasteiger partial charge in [0.25, 0.3) is 0 Å². The molecule has 2 rings (SSSR count). The van der Waals surface area contributed by atoms with E-state index >= 15 is 0 Å². The fourth-order valence-corrected chi connectivity index (χ4v) is 6.49. The van der Waals surface area contributed by atoms with Crippen molar-refractivity contribution in [1.82, 2.24) is 19.4 Å². The molecule has 1 saturated heterocycles. The summed E-state index contributed by atoms with van der Waals surface area (Å²) in [6.45, 7) is 15.4. The van der Waals surface area contributed by atoms with Gasteiger partial charge in [-0.25, -0.2) is 12.7 Å². The molecule has 0 bridgehead atoms. The number of rotatable bonds is 14. The van der Waals surface area contributed by atoms with Gasteiger partial charge < -0.3 is 19.9 Å². The molecule has 1 aromatic carbocycles. The lowest BCUT2D eigenvalue weighted by Crippen LogP contribution is -2.36. The second-order valence-electron chi connectivity index (χ2n) is 10.1. The van der Waals surface area contributed by atoms with Crippen molar-refractivity contribution in [2.75, 3.05) is 53.4 Å². The number of methoxy groups -OCH3 is 1. The van der Waals surface area contributed by atoms with Crippen LogP contribution < -0.4 is 10.1 Å². The second-order valence-corrected chi connectivity index (χ2v) is 12.1. The van der Waals surface area contributed by atoms with Crippen molar-refractivity contribution >= 4 is 15.9 Å². The number of hydrogen-bond donors (Lipinski definition) is 1. The van der Waals surface area contributed by atoms with Crippen LogP contribution in [0.3, 0.4) is 0 Å². The van der Waals surface area contributed by atoms with Crippen LogP contribution in [0.1, 0.15) is 51.2 Å². The molecule has 0 radical (unpaired) electrons. The minimum Gasteiger partial charge on any atom is -0.497 e. The summed E-state index contributed by atoms with van der Waals surface area (Å²) in [6.07, 6.45) is 12.1. The molecule has 0 atom stereocenters. The van der Waals surface area contributed by atoms with Gasteiger partial charge >= 0.3 is 0 Å². The first kappa shape index (κ1) is 32.6. The third kappa shape index (κ3) is 9.81. The molecular weight excluding hydrogens is 512 g/mol. The first-order chi connectivity index (χ1) is 18.5. The third-order valence-corrected chi connectivity index (χ3v) is 9.42. The Morgan fingerprint density at radius 3 is 2.31 bits per heavy atom. The van der Waals surface area contributed by atoms with Crippen LogP contribution in [0.25, 0.3) is 0 Å². The number of benzene rings is 1. The Morgan fingerprint density at radius 2 is 1.77 bits per heavy atom. The van der Waals surface area contributed by atoms with E-state index in [1.807, 2.05) is 31.2 Å². The van der Waals surface area contributed by atoms with Gasteiger partial charge in [-0.3, -0.25) is 4.79 Å². The number of carbonyl (C=O) groups excluding carboxylic acids is 1. The van der Waals surface area contributed by atoms with Crippen LogP contribution in [-0.4, -0.2) is 81.9 Å². The van der Waals surface area contributed by atoms with E-state index in [-0.39, 0.29) is 23.8 Å². The molecule has 9 heteroatoms. The smallest absolute Gasteiger partial charge is 0.243 e. The standard InChI is InChI=1S/C30H48N4O4S/c1-8-12-27(13-11-17-34-19-14-26(15-20-34)23-33(9-2)10-3)31-29(35)16-18-32(6)39(36,37)30-24(4)21-28(38-7)22-25(30)5/h8,11-13,17,21-22,26H,9-10,14-16,18-20,23H2,1-7H3,(H,31,35)/b12-8-,17-11+,27-13+. The molecule has 0 spiro atoms. The predicted octanol–water partition coefficient (Wildman–Crippen LogP) is 4.47. The normalized spacial score (nSPS) is 15.7. The van der Waals surface area contributed by atoms with E-state index in [9.17, 15) is 13.2 Å². The van der Waals surface area contributed by atoms with E-state index in [0.717, 1.165) is 32.1 Å². The number of likely N-dealkylation sites (tertiary alicyclic amines) is 1. The van der Waals surface area contributed by atoms with Crippen molar-refractivity contribution in [2.24, 2.45) is 5.92 Å². The molecule has 0 unspecified atom stereocenters. The van der Waals surface area contributed by atoms with Gasteiger partial charge in [-0.15, -0.1) is 0 Å². The summed E-state index contributed by atoms with van der Waals surface area (Å²) in [7, 11) is -0.696. The van der Waals surface area contributed by atoms with Crippen LogP contribution in [0.2, 0.25) is 0 Å². The summed E-state index contributed by atoms with van der Waals surface area (Å²) < 4.78 is 32.9. The van der Waals surface area contributed by atoms with Crippen molar-refractivity contribution in [2.45, 2.75) is 58.8 Å². The molecule has 1 heterocycles. The average Bonchev–Trinajstić information content (AvgIpc) is 2.90. The van der Waals surface area contributed by atoms with Gasteiger partial charge in [-0.2, -0.15) is 0 Å². The maximum atomic E-state index is 13.2. The Bertz CT molecular complexity index is 1110. The molecule has 1 N–H and O–H groups in total. The molecule has 1 aliphatic rings. The van der Waals surface area contributed by atoms with E-state index in [2.05, 4.69) is 35.2 Å². The highest BCUT2D eigenvalue weighted by molar-refractivity contribution is 7.89. The molecule has 1 aliphatic heterocycles. The number of sulfonamides is 1. The summed E-state index contributed by atoms with van der Waals surface area (Å²) in [5, 5.41) is 2.90. The minimum atomic E-state index is -3.75. The zero-order valence-electron chi connectivity index (χ0n) is 24.9. The lowest BCUT2D eigenvalue weighted by atomic mass is 9.96. The first-order valence-electron chi connectivity index (χ1n) is 13.9. The Kier molecular flexibility index (Phi) is 13.2. The van der Waals surface area contributed by atoms with E-state index < -0.39 is 10.0 Å². The molecule has 8 nitrogen and oxygen atoms in total. The van der Waals surface area contributed by atoms with Crippen molar-refractivity contribution in [3.05, 3.63) is 59.5 Å².